The maximum absolute atomic E-state index is 12.4. The molecule has 34 heavy (non-hydrogen) atoms. The van der Waals surface area contributed by atoms with Crippen molar-refractivity contribution in [3.63, 3.8) is 0 Å². The first-order valence-corrected chi connectivity index (χ1v) is 10.7. The van der Waals surface area contributed by atoms with Crippen molar-refractivity contribution in [1.82, 2.24) is 20.5 Å². The van der Waals surface area contributed by atoms with Gasteiger partial charge in [-0.05, 0) is 27.7 Å². The van der Waals surface area contributed by atoms with Gasteiger partial charge in [-0.3, -0.25) is 15.2 Å². The summed E-state index contributed by atoms with van der Waals surface area (Å²) in [6.07, 6.45) is -0.772. The number of carboxylic acid groups (broad SMARTS) is 1. The van der Waals surface area contributed by atoms with Crippen LogP contribution in [-0.4, -0.2) is 50.9 Å². The third kappa shape index (κ3) is 4.61. The number of nitrogens with one attached hydrogen (secondary N) is 3. The Morgan fingerprint density at radius 3 is 2.21 bits per heavy atom. The maximum Gasteiger partial charge on any atom is 0.414 e. The summed E-state index contributed by atoms with van der Waals surface area (Å²) in [5.74, 6) is -2.42. The number of rotatable bonds is 6. The van der Waals surface area contributed by atoms with Crippen LogP contribution >= 0.6 is 0 Å². The first-order chi connectivity index (χ1) is 16.1. The molecule has 0 saturated carbocycles. The fraction of sp³-hybridized carbons (Fsp3) is 0.292. The number of H-pyrrole nitrogens is 1. The minimum atomic E-state index is -1.17. The van der Waals surface area contributed by atoms with E-state index in [0.717, 1.165) is 22.3 Å². The number of ether oxygens (including phenoxy) is 1. The van der Waals surface area contributed by atoms with Crippen LogP contribution in [0.2, 0.25) is 0 Å². The smallest absolute Gasteiger partial charge is 0.414 e. The zero-order chi connectivity index (χ0) is 24.5. The number of carbonyl (C=O) groups excluding carboxylic acids is 2. The van der Waals surface area contributed by atoms with Crippen molar-refractivity contribution in [3.8, 4) is 11.1 Å². The summed E-state index contributed by atoms with van der Waals surface area (Å²) in [4.78, 5) is 40.1. The van der Waals surface area contributed by atoms with E-state index in [0.29, 0.717) is 0 Å². The number of amides is 2. The lowest BCUT2D eigenvalue weighted by Crippen LogP contribution is -2.49. The number of carboxylic acids is 1. The lowest BCUT2D eigenvalue weighted by molar-refractivity contribution is -0.142. The van der Waals surface area contributed by atoms with Gasteiger partial charge in [0.05, 0.1) is 0 Å². The molecule has 10 heteroatoms. The zero-order valence-electron chi connectivity index (χ0n) is 19.0. The van der Waals surface area contributed by atoms with Crippen LogP contribution in [0.5, 0.6) is 0 Å². The molecule has 4 rings (SSSR count). The van der Waals surface area contributed by atoms with Crippen LogP contribution in [0.3, 0.4) is 0 Å². The number of aromatic amines is 1. The number of aliphatic carboxylic acids is 1. The van der Waals surface area contributed by atoms with Gasteiger partial charge in [0, 0.05) is 5.92 Å². The van der Waals surface area contributed by atoms with Gasteiger partial charge < -0.3 is 15.2 Å². The first-order valence-electron chi connectivity index (χ1n) is 10.7. The van der Waals surface area contributed by atoms with Crippen molar-refractivity contribution in [2.45, 2.75) is 32.7 Å². The monoisotopic (exact) mass is 463 g/mol. The molecular formula is C24H25N5O5. The predicted octanol–water partition coefficient (Wildman–Crippen LogP) is 3.39. The lowest BCUT2D eigenvalue weighted by atomic mass is 9.87. The molecule has 0 bridgehead atoms. The predicted molar refractivity (Wildman–Crippen MR) is 123 cm³/mol. The van der Waals surface area contributed by atoms with E-state index in [9.17, 15) is 19.5 Å². The van der Waals surface area contributed by atoms with Gasteiger partial charge in [0.25, 0.3) is 11.9 Å². The highest BCUT2D eigenvalue weighted by molar-refractivity contribution is 5.94. The van der Waals surface area contributed by atoms with Crippen molar-refractivity contribution in [3.05, 3.63) is 65.5 Å². The average molecular weight is 463 g/mol. The molecule has 0 radical (unpaired) electrons. The highest BCUT2D eigenvalue weighted by Gasteiger charge is 2.34. The Hall–Kier alpha value is -4.21. The highest BCUT2D eigenvalue weighted by Crippen LogP contribution is 2.44. The molecule has 0 fully saturated rings. The topological polar surface area (TPSA) is 146 Å². The number of hydrogen-bond acceptors (Lipinski definition) is 6. The number of anilines is 1. The molecule has 1 atom stereocenters. The van der Waals surface area contributed by atoms with Crippen LogP contribution in [0.25, 0.3) is 11.1 Å². The second-order valence-electron chi connectivity index (χ2n) is 9.07. The minimum absolute atomic E-state index is 0.100. The summed E-state index contributed by atoms with van der Waals surface area (Å²) in [5, 5.41) is 20.3. The van der Waals surface area contributed by atoms with E-state index in [1.807, 2.05) is 48.5 Å². The molecule has 0 saturated heterocycles. The maximum atomic E-state index is 12.4. The molecule has 1 aliphatic rings. The summed E-state index contributed by atoms with van der Waals surface area (Å²) < 4.78 is 5.43. The van der Waals surface area contributed by atoms with Crippen molar-refractivity contribution >= 4 is 23.9 Å². The molecule has 1 aromatic heterocycles. The lowest BCUT2D eigenvalue weighted by Gasteiger charge is -2.27. The van der Waals surface area contributed by atoms with Crippen molar-refractivity contribution < 1.29 is 24.2 Å². The third-order valence-corrected chi connectivity index (χ3v) is 5.65. The van der Waals surface area contributed by atoms with E-state index >= 15 is 0 Å². The van der Waals surface area contributed by atoms with Crippen LogP contribution in [-0.2, 0) is 9.53 Å². The zero-order valence-corrected chi connectivity index (χ0v) is 19.0. The SMILES string of the molecule is CC(C)(C)C(NC(=O)c1nc(NC(=O)OCC2c3ccccc3-c3ccccc32)n[nH]1)C(=O)O. The number of benzene rings is 2. The Labute approximate surface area is 195 Å². The molecule has 10 nitrogen and oxygen atoms in total. The third-order valence-electron chi connectivity index (χ3n) is 5.65. The van der Waals surface area contributed by atoms with Crippen molar-refractivity contribution in [2.24, 2.45) is 5.41 Å². The van der Waals surface area contributed by atoms with Crippen LogP contribution < -0.4 is 10.6 Å². The Kier molecular flexibility index (Phi) is 6.06. The van der Waals surface area contributed by atoms with Gasteiger partial charge in [-0.25, -0.2) is 9.59 Å². The Balaban J connectivity index is 1.38. The fourth-order valence-corrected chi connectivity index (χ4v) is 3.99. The van der Waals surface area contributed by atoms with Gasteiger partial charge in [0.1, 0.15) is 12.6 Å². The van der Waals surface area contributed by atoms with E-state index in [1.54, 1.807) is 20.8 Å². The quantitative estimate of drug-likeness (QED) is 0.438. The van der Waals surface area contributed by atoms with Crippen LogP contribution in [0.1, 0.15) is 48.4 Å². The number of aromatic nitrogens is 3. The molecule has 1 aliphatic carbocycles. The molecule has 2 amide bonds. The molecular weight excluding hydrogens is 438 g/mol. The molecule has 1 heterocycles. The second-order valence-corrected chi connectivity index (χ2v) is 9.07. The molecule has 3 aromatic rings. The number of nitrogens with zero attached hydrogens (tertiary/aromatic N) is 2. The van der Waals surface area contributed by atoms with Crippen molar-refractivity contribution in [2.75, 3.05) is 11.9 Å². The normalized spacial score (nSPS) is 13.5. The van der Waals surface area contributed by atoms with E-state index in [1.165, 1.54) is 0 Å². The summed E-state index contributed by atoms with van der Waals surface area (Å²) in [7, 11) is 0. The summed E-state index contributed by atoms with van der Waals surface area (Å²) >= 11 is 0. The molecule has 176 valence electrons. The Morgan fingerprint density at radius 2 is 1.65 bits per heavy atom. The van der Waals surface area contributed by atoms with E-state index in [4.69, 9.17) is 4.74 Å². The van der Waals surface area contributed by atoms with Gasteiger partial charge in [0.15, 0.2) is 0 Å². The van der Waals surface area contributed by atoms with Crippen LogP contribution in [0.15, 0.2) is 48.5 Å². The standard InChI is InChI=1S/C24H25N5O5/c1-24(2,3)18(21(31)32)25-20(30)19-26-22(29-28-19)27-23(33)34-12-17-15-10-6-4-8-13(15)14-9-5-7-11-16(14)17/h4-11,17-18H,12H2,1-3H3,(H,25,30)(H,31,32)(H2,26,27,28,29,33). The minimum Gasteiger partial charge on any atom is -0.480 e. The number of hydrogen-bond donors (Lipinski definition) is 4. The largest absolute Gasteiger partial charge is 0.480 e. The number of carbonyl (C=O) groups is 3. The Morgan fingerprint density at radius 1 is 1.06 bits per heavy atom. The van der Waals surface area contributed by atoms with Gasteiger partial charge >= 0.3 is 12.1 Å². The molecule has 1 unspecified atom stereocenters. The number of fused-ring (bicyclic) bond motifs is 3. The van der Waals surface area contributed by atoms with Crippen molar-refractivity contribution in [1.29, 1.82) is 0 Å². The molecule has 4 N–H and O–H groups in total. The van der Waals surface area contributed by atoms with E-state index in [-0.39, 0.29) is 24.3 Å². The van der Waals surface area contributed by atoms with E-state index < -0.39 is 29.4 Å². The Bertz CT molecular complexity index is 1200. The summed E-state index contributed by atoms with van der Waals surface area (Å²) in [5.41, 5.74) is 3.68. The van der Waals surface area contributed by atoms with Crippen LogP contribution in [0.4, 0.5) is 10.7 Å². The average Bonchev–Trinajstić information content (AvgIpc) is 3.37. The van der Waals surface area contributed by atoms with Gasteiger partial charge in [0.2, 0.25) is 5.82 Å². The molecule has 0 aliphatic heterocycles. The van der Waals surface area contributed by atoms with Gasteiger partial charge in [-0.15, -0.1) is 5.10 Å². The van der Waals surface area contributed by atoms with E-state index in [2.05, 4.69) is 25.8 Å². The first kappa shape index (κ1) is 23.0. The molecule has 2 aromatic carbocycles. The fourth-order valence-electron chi connectivity index (χ4n) is 3.99. The van der Waals surface area contributed by atoms with Crippen LogP contribution in [0, 0.1) is 5.41 Å². The summed E-state index contributed by atoms with van der Waals surface area (Å²) in [6, 6.07) is 14.8. The highest BCUT2D eigenvalue weighted by atomic mass is 16.5. The molecule has 0 spiro atoms. The summed E-state index contributed by atoms with van der Waals surface area (Å²) in [6.45, 7) is 5.19. The van der Waals surface area contributed by atoms with Gasteiger partial charge in [-0.2, -0.15) is 4.98 Å². The van der Waals surface area contributed by atoms with Gasteiger partial charge in [-0.1, -0.05) is 69.3 Å². The second kappa shape index (κ2) is 8.97.